The highest BCUT2D eigenvalue weighted by molar-refractivity contribution is 7.15. The van der Waals surface area contributed by atoms with E-state index >= 15 is 0 Å². The van der Waals surface area contributed by atoms with Crippen LogP contribution < -0.4 is 0 Å². The molecule has 2 aromatic carbocycles. The fourth-order valence-corrected chi connectivity index (χ4v) is 3.59. The second-order valence-corrected chi connectivity index (χ2v) is 6.82. The van der Waals surface area contributed by atoms with Crippen molar-refractivity contribution in [1.82, 2.24) is 0 Å². The number of aryl methyl sites for hydroxylation is 2. The number of rotatable bonds is 3. The minimum atomic E-state index is -0.538. The first-order valence-electron chi connectivity index (χ1n) is 7.35. The molecular formula is C19H15BF2S. The van der Waals surface area contributed by atoms with Crippen molar-refractivity contribution < 1.29 is 8.78 Å². The average Bonchev–Trinajstić information content (AvgIpc) is 2.85. The van der Waals surface area contributed by atoms with Crippen molar-refractivity contribution >= 4 is 19.2 Å². The van der Waals surface area contributed by atoms with Crippen molar-refractivity contribution in [3.63, 3.8) is 0 Å². The van der Waals surface area contributed by atoms with Gasteiger partial charge in [0.1, 0.15) is 11.6 Å². The number of hydrogen-bond donors (Lipinski definition) is 0. The van der Waals surface area contributed by atoms with Gasteiger partial charge in [0.15, 0.2) is 0 Å². The Morgan fingerprint density at radius 2 is 1.52 bits per heavy atom. The van der Waals surface area contributed by atoms with Crippen molar-refractivity contribution in [1.29, 1.82) is 0 Å². The van der Waals surface area contributed by atoms with Crippen LogP contribution in [0, 0.1) is 25.5 Å². The van der Waals surface area contributed by atoms with Crippen LogP contribution >= 0.6 is 11.3 Å². The molecule has 0 saturated carbocycles. The molecule has 0 nitrogen and oxygen atoms in total. The molecule has 0 amide bonds. The molecule has 0 aliphatic heterocycles. The molecule has 0 atom stereocenters. The van der Waals surface area contributed by atoms with Gasteiger partial charge in [0.05, 0.1) is 13.4 Å². The molecule has 3 aromatic rings. The highest BCUT2D eigenvalue weighted by atomic mass is 32.1. The van der Waals surface area contributed by atoms with E-state index in [1.165, 1.54) is 23.5 Å². The van der Waals surface area contributed by atoms with Crippen LogP contribution in [0.2, 0.25) is 0 Å². The maximum absolute atomic E-state index is 14.5. The Balaban J connectivity index is 2.06. The molecule has 2 radical (unpaired) electrons. The van der Waals surface area contributed by atoms with E-state index in [4.69, 9.17) is 7.85 Å². The fourth-order valence-electron chi connectivity index (χ4n) is 2.50. The fraction of sp³-hybridized carbons (Fsp3) is 0.158. The van der Waals surface area contributed by atoms with E-state index < -0.39 is 11.6 Å². The lowest BCUT2D eigenvalue weighted by atomic mass is 9.94. The molecule has 1 heterocycles. The maximum atomic E-state index is 14.5. The predicted octanol–water partition coefficient (Wildman–Crippen LogP) is 5.65. The highest BCUT2D eigenvalue weighted by Crippen LogP contribution is 2.36. The quantitative estimate of drug-likeness (QED) is 0.547. The Hall–Kier alpha value is -1.94. The van der Waals surface area contributed by atoms with E-state index in [0.717, 1.165) is 21.6 Å². The van der Waals surface area contributed by atoms with Gasteiger partial charge in [-0.3, -0.25) is 0 Å². The first-order chi connectivity index (χ1) is 11.0. The Bertz CT molecular complexity index is 808. The van der Waals surface area contributed by atoms with Gasteiger partial charge in [-0.05, 0) is 48.7 Å². The molecule has 0 unspecified atom stereocenters. The maximum Gasteiger partial charge on any atom is 0.135 e. The lowest BCUT2D eigenvalue weighted by Crippen LogP contribution is -1.91. The molecule has 0 N–H and O–H groups in total. The third-order valence-electron chi connectivity index (χ3n) is 3.98. The van der Waals surface area contributed by atoms with Crippen LogP contribution in [0.4, 0.5) is 8.78 Å². The highest BCUT2D eigenvalue weighted by Gasteiger charge is 2.16. The molecule has 4 heteroatoms. The van der Waals surface area contributed by atoms with Crippen LogP contribution in [0.1, 0.15) is 16.0 Å². The molecule has 0 aliphatic carbocycles. The Morgan fingerprint density at radius 1 is 0.913 bits per heavy atom. The van der Waals surface area contributed by atoms with Crippen molar-refractivity contribution in [2.24, 2.45) is 0 Å². The summed E-state index contributed by atoms with van der Waals surface area (Å²) >= 11 is 1.41. The Kier molecular flexibility index (Phi) is 4.36. The van der Waals surface area contributed by atoms with E-state index in [-0.39, 0.29) is 5.56 Å². The molecule has 23 heavy (non-hydrogen) atoms. The minimum Gasteiger partial charge on any atom is -0.206 e. The van der Waals surface area contributed by atoms with Crippen LogP contribution in [0.25, 0.3) is 21.6 Å². The monoisotopic (exact) mass is 324 g/mol. The van der Waals surface area contributed by atoms with E-state index in [0.29, 0.717) is 16.8 Å². The van der Waals surface area contributed by atoms with E-state index in [1.54, 1.807) is 0 Å². The second kappa shape index (κ2) is 6.28. The molecule has 114 valence electrons. The number of hydrogen-bond acceptors (Lipinski definition) is 1. The molecule has 0 fully saturated rings. The van der Waals surface area contributed by atoms with Gasteiger partial charge in [-0.25, -0.2) is 8.78 Å². The smallest absolute Gasteiger partial charge is 0.135 e. The zero-order valence-corrected chi connectivity index (χ0v) is 13.8. The van der Waals surface area contributed by atoms with Crippen LogP contribution in [-0.2, 0) is 6.32 Å². The summed E-state index contributed by atoms with van der Waals surface area (Å²) in [6.07, 6.45) is 0.443. The van der Waals surface area contributed by atoms with Gasteiger partial charge in [-0.2, -0.15) is 0 Å². The van der Waals surface area contributed by atoms with Crippen molar-refractivity contribution in [3.8, 4) is 21.6 Å². The Morgan fingerprint density at radius 3 is 2.00 bits per heavy atom. The molecule has 1 aromatic heterocycles. The van der Waals surface area contributed by atoms with E-state index in [9.17, 15) is 8.78 Å². The average molecular weight is 324 g/mol. The summed E-state index contributed by atoms with van der Waals surface area (Å²) in [5.74, 6) is -1.08. The van der Waals surface area contributed by atoms with Gasteiger partial charge in [-0.15, -0.1) is 11.3 Å². The van der Waals surface area contributed by atoms with Gasteiger partial charge in [0.2, 0.25) is 0 Å². The van der Waals surface area contributed by atoms with Gasteiger partial charge >= 0.3 is 0 Å². The first-order valence-corrected chi connectivity index (χ1v) is 8.17. The van der Waals surface area contributed by atoms with E-state index in [1.807, 2.05) is 44.2 Å². The molecule has 0 saturated heterocycles. The number of benzene rings is 2. The minimum absolute atomic E-state index is 0.0496. The molecule has 0 aliphatic rings. The van der Waals surface area contributed by atoms with Gasteiger partial charge in [-0.1, -0.05) is 36.1 Å². The van der Waals surface area contributed by atoms with Gasteiger partial charge in [0.25, 0.3) is 0 Å². The SMILES string of the molecule is [B]Cc1ccc(-c2cc(F)c(-c3cc(C)c(C)s3)c(F)c2)cc1. The number of halogens is 2. The zero-order valence-electron chi connectivity index (χ0n) is 13.0. The summed E-state index contributed by atoms with van der Waals surface area (Å²) < 4.78 is 29.0. The van der Waals surface area contributed by atoms with Gasteiger partial charge in [0, 0.05) is 9.75 Å². The molecule has 3 rings (SSSR count). The number of thiophene rings is 1. The third kappa shape index (κ3) is 3.09. The lowest BCUT2D eigenvalue weighted by molar-refractivity contribution is 0.591. The predicted molar refractivity (Wildman–Crippen MR) is 94.0 cm³/mol. The van der Waals surface area contributed by atoms with Crippen LogP contribution in [-0.4, -0.2) is 7.85 Å². The molecule has 0 spiro atoms. The van der Waals surface area contributed by atoms with Crippen LogP contribution in [0.15, 0.2) is 42.5 Å². The zero-order chi connectivity index (χ0) is 16.6. The second-order valence-electron chi connectivity index (χ2n) is 5.57. The van der Waals surface area contributed by atoms with Crippen LogP contribution in [0.3, 0.4) is 0 Å². The first kappa shape index (κ1) is 15.9. The Labute approximate surface area is 140 Å². The van der Waals surface area contributed by atoms with Crippen molar-refractivity contribution in [3.05, 3.63) is 70.1 Å². The van der Waals surface area contributed by atoms with E-state index in [2.05, 4.69) is 0 Å². The van der Waals surface area contributed by atoms with Gasteiger partial charge < -0.3 is 0 Å². The largest absolute Gasteiger partial charge is 0.206 e. The van der Waals surface area contributed by atoms with Crippen molar-refractivity contribution in [2.45, 2.75) is 20.2 Å². The standard InChI is InChI=1S/C19H15BF2S/c1-11-7-18(23-12(11)2)19-16(21)8-15(9-17(19)22)14-5-3-13(10-20)4-6-14/h3-9H,10H2,1-2H3. The summed E-state index contributed by atoms with van der Waals surface area (Å²) in [6.45, 7) is 3.89. The lowest BCUT2D eigenvalue weighted by Gasteiger charge is -2.08. The van der Waals surface area contributed by atoms with Crippen molar-refractivity contribution in [2.75, 3.05) is 0 Å². The molecular weight excluding hydrogens is 309 g/mol. The van der Waals surface area contributed by atoms with Crippen LogP contribution in [0.5, 0.6) is 0 Å². The summed E-state index contributed by atoms with van der Waals surface area (Å²) in [5, 5.41) is 0. The topological polar surface area (TPSA) is 0 Å². The summed E-state index contributed by atoms with van der Waals surface area (Å²) in [4.78, 5) is 1.69. The molecule has 0 bridgehead atoms. The summed E-state index contributed by atoms with van der Waals surface area (Å²) in [7, 11) is 5.57. The normalized spacial score (nSPS) is 11.0. The summed E-state index contributed by atoms with van der Waals surface area (Å²) in [5.41, 5.74) is 3.37. The third-order valence-corrected chi connectivity index (χ3v) is 5.15. The summed E-state index contributed by atoms with van der Waals surface area (Å²) in [6, 6.07) is 12.0.